The van der Waals surface area contributed by atoms with Crippen molar-refractivity contribution in [3.8, 4) is 0 Å². The molecule has 2 heterocycles. The van der Waals surface area contributed by atoms with Crippen LogP contribution in [-0.2, 0) is 10.0 Å². The highest BCUT2D eigenvalue weighted by atomic mass is 32.2. The van der Waals surface area contributed by atoms with Crippen LogP contribution < -0.4 is 0 Å². The Labute approximate surface area is 105 Å². The lowest BCUT2D eigenvalue weighted by atomic mass is 10.0. The monoisotopic (exact) mass is 276 g/mol. The summed E-state index contributed by atoms with van der Waals surface area (Å²) in [6, 6.07) is 0. The third-order valence-corrected chi connectivity index (χ3v) is 6.28. The molecular formula is C10H16N2O3S2. The molecule has 2 atom stereocenters. The molecule has 1 aromatic rings. The van der Waals surface area contributed by atoms with Gasteiger partial charge in [0, 0.05) is 13.1 Å². The second-order valence-electron chi connectivity index (χ2n) is 4.35. The zero-order valence-corrected chi connectivity index (χ0v) is 11.5. The lowest BCUT2D eigenvalue weighted by Gasteiger charge is -2.16. The molecule has 1 aromatic heterocycles. The van der Waals surface area contributed by atoms with Gasteiger partial charge in [-0.05, 0) is 26.2 Å². The standard InChI is InChI=1S/C10H16N2O3S2/c1-7(13)9-3-4-12(6-9)17(14,15)10-5-11-8(2)16-10/h5,7,9,13H,3-4,6H2,1-2H3. The molecule has 7 heteroatoms. The molecule has 0 saturated carbocycles. The predicted octanol–water partition coefficient (Wildman–Crippen LogP) is 0.843. The zero-order valence-electron chi connectivity index (χ0n) is 9.83. The van der Waals surface area contributed by atoms with Gasteiger partial charge in [-0.3, -0.25) is 0 Å². The van der Waals surface area contributed by atoms with Gasteiger partial charge in [0.15, 0.2) is 4.21 Å². The lowest BCUT2D eigenvalue weighted by molar-refractivity contribution is 0.133. The van der Waals surface area contributed by atoms with Crippen molar-refractivity contribution in [1.29, 1.82) is 0 Å². The van der Waals surface area contributed by atoms with Crippen molar-refractivity contribution in [3.05, 3.63) is 11.2 Å². The summed E-state index contributed by atoms with van der Waals surface area (Å²) in [7, 11) is -3.41. The molecule has 1 aliphatic rings. The van der Waals surface area contributed by atoms with Gasteiger partial charge in [0.05, 0.1) is 17.3 Å². The van der Waals surface area contributed by atoms with Crippen LogP contribution >= 0.6 is 11.3 Å². The second kappa shape index (κ2) is 4.64. The molecule has 1 saturated heterocycles. The van der Waals surface area contributed by atoms with E-state index in [1.54, 1.807) is 13.8 Å². The summed E-state index contributed by atoms with van der Waals surface area (Å²) in [5.41, 5.74) is 0. The molecule has 0 bridgehead atoms. The molecule has 0 amide bonds. The first kappa shape index (κ1) is 12.9. The van der Waals surface area contributed by atoms with E-state index in [0.29, 0.717) is 23.7 Å². The third kappa shape index (κ3) is 2.52. The number of aliphatic hydroxyl groups excluding tert-OH is 1. The Balaban J connectivity index is 2.18. The molecule has 0 radical (unpaired) electrons. The number of rotatable bonds is 3. The minimum Gasteiger partial charge on any atom is -0.393 e. The van der Waals surface area contributed by atoms with E-state index in [9.17, 15) is 13.5 Å². The Morgan fingerprint density at radius 1 is 1.65 bits per heavy atom. The third-order valence-electron chi connectivity index (χ3n) is 3.06. The van der Waals surface area contributed by atoms with Crippen molar-refractivity contribution in [2.24, 2.45) is 5.92 Å². The number of aliphatic hydroxyl groups is 1. The number of hydrogen-bond acceptors (Lipinski definition) is 5. The maximum Gasteiger partial charge on any atom is 0.254 e. The molecule has 2 unspecified atom stereocenters. The quantitative estimate of drug-likeness (QED) is 0.888. The van der Waals surface area contributed by atoms with Crippen LogP contribution in [0.15, 0.2) is 10.4 Å². The molecule has 0 spiro atoms. The van der Waals surface area contributed by atoms with E-state index >= 15 is 0 Å². The van der Waals surface area contributed by atoms with Crippen LogP contribution in [0, 0.1) is 12.8 Å². The van der Waals surface area contributed by atoms with Crippen LogP contribution in [0.3, 0.4) is 0 Å². The Morgan fingerprint density at radius 2 is 2.35 bits per heavy atom. The first-order valence-corrected chi connectivity index (χ1v) is 7.77. The molecule has 5 nitrogen and oxygen atoms in total. The highest BCUT2D eigenvalue weighted by Crippen LogP contribution is 2.28. The van der Waals surface area contributed by atoms with Crippen molar-refractivity contribution in [3.63, 3.8) is 0 Å². The van der Waals surface area contributed by atoms with Gasteiger partial charge < -0.3 is 5.11 Å². The molecule has 2 rings (SSSR count). The van der Waals surface area contributed by atoms with E-state index in [0.717, 1.165) is 5.01 Å². The Kier molecular flexibility index (Phi) is 3.53. The van der Waals surface area contributed by atoms with Crippen molar-refractivity contribution in [2.45, 2.75) is 30.6 Å². The normalized spacial score (nSPS) is 24.1. The summed E-state index contributed by atoms with van der Waals surface area (Å²) < 4.78 is 26.2. The van der Waals surface area contributed by atoms with Gasteiger partial charge in [0.25, 0.3) is 10.0 Å². The summed E-state index contributed by atoms with van der Waals surface area (Å²) in [6.07, 6.45) is 1.66. The number of aromatic nitrogens is 1. The largest absolute Gasteiger partial charge is 0.393 e. The van der Waals surface area contributed by atoms with Gasteiger partial charge in [0.2, 0.25) is 0 Å². The van der Waals surface area contributed by atoms with Gasteiger partial charge in [-0.15, -0.1) is 11.3 Å². The summed E-state index contributed by atoms with van der Waals surface area (Å²) in [6.45, 7) is 4.37. The van der Waals surface area contributed by atoms with Crippen molar-refractivity contribution in [1.82, 2.24) is 9.29 Å². The summed E-state index contributed by atoms with van der Waals surface area (Å²) >= 11 is 1.19. The van der Waals surface area contributed by atoms with Crippen LogP contribution in [0.1, 0.15) is 18.4 Å². The average Bonchev–Trinajstić information content (AvgIpc) is 2.85. The smallest absolute Gasteiger partial charge is 0.254 e. The number of hydrogen-bond donors (Lipinski definition) is 1. The van der Waals surface area contributed by atoms with Crippen LogP contribution in [0.4, 0.5) is 0 Å². The number of thiazole rings is 1. The van der Waals surface area contributed by atoms with Crippen LogP contribution in [0.5, 0.6) is 0 Å². The van der Waals surface area contributed by atoms with E-state index in [4.69, 9.17) is 0 Å². The fourth-order valence-electron chi connectivity index (χ4n) is 1.95. The fraction of sp³-hybridized carbons (Fsp3) is 0.700. The van der Waals surface area contributed by atoms with E-state index in [2.05, 4.69) is 4.98 Å². The van der Waals surface area contributed by atoms with Gasteiger partial charge >= 0.3 is 0 Å². The second-order valence-corrected chi connectivity index (χ2v) is 7.75. The molecule has 1 fully saturated rings. The van der Waals surface area contributed by atoms with Crippen molar-refractivity contribution in [2.75, 3.05) is 13.1 Å². The molecule has 1 N–H and O–H groups in total. The Morgan fingerprint density at radius 3 is 2.82 bits per heavy atom. The van der Waals surface area contributed by atoms with Gasteiger partial charge in [-0.2, -0.15) is 4.31 Å². The molecule has 96 valence electrons. The molecule has 17 heavy (non-hydrogen) atoms. The minimum absolute atomic E-state index is 0.0405. The number of aryl methyl sites for hydroxylation is 1. The van der Waals surface area contributed by atoms with Gasteiger partial charge in [-0.1, -0.05) is 0 Å². The first-order chi connectivity index (χ1) is 7.91. The van der Waals surface area contributed by atoms with E-state index in [-0.39, 0.29) is 5.92 Å². The summed E-state index contributed by atoms with van der Waals surface area (Å²) in [5, 5.41) is 10.2. The maximum absolute atomic E-state index is 12.2. The van der Waals surface area contributed by atoms with Crippen molar-refractivity contribution >= 4 is 21.4 Å². The Hall–Kier alpha value is -0.500. The highest BCUT2D eigenvalue weighted by Gasteiger charge is 2.35. The fourth-order valence-corrected chi connectivity index (χ4v) is 4.73. The first-order valence-electron chi connectivity index (χ1n) is 5.52. The molecular weight excluding hydrogens is 260 g/mol. The Bertz CT molecular complexity index is 495. The SMILES string of the molecule is Cc1ncc(S(=O)(=O)N2CCC(C(C)O)C2)s1. The van der Waals surface area contributed by atoms with Crippen molar-refractivity contribution < 1.29 is 13.5 Å². The van der Waals surface area contributed by atoms with E-state index in [1.807, 2.05) is 0 Å². The highest BCUT2D eigenvalue weighted by molar-refractivity contribution is 7.91. The predicted molar refractivity (Wildman–Crippen MR) is 65.4 cm³/mol. The van der Waals surface area contributed by atoms with Gasteiger partial charge in [-0.25, -0.2) is 13.4 Å². The minimum atomic E-state index is -3.41. The molecule has 0 aromatic carbocycles. The summed E-state index contributed by atoms with van der Waals surface area (Å²) in [5.74, 6) is 0.0405. The topological polar surface area (TPSA) is 70.5 Å². The van der Waals surface area contributed by atoms with Gasteiger partial charge in [0.1, 0.15) is 0 Å². The zero-order chi connectivity index (χ0) is 12.6. The van der Waals surface area contributed by atoms with Crippen LogP contribution in [0.2, 0.25) is 0 Å². The average molecular weight is 276 g/mol. The molecule has 0 aliphatic carbocycles. The van der Waals surface area contributed by atoms with E-state index < -0.39 is 16.1 Å². The number of nitrogens with zero attached hydrogens (tertiary/aromatic N) is 2. The summed E-state index contributed by atoms with van der Waals surface area (Å²) in [4.78, 5) is 3.97. The lowest BCUT2D eigenvalue weighted by Crippen LogP contribution is -2.30. The van der Waals surface area contributed by atoms with Crippen LogP contribution in [0.25, 0.3) is 0 Å². The van der Waals surface area contributed by atoms with E-state index in [1.165, 1.54) is 21.8 Å². The molecule has 1 aliphatic heterocycles. The number of sulfonamides is 1. The van der Waals surface area contributed by atoms with Crippen LogP contribution in [-0.4, -0.2) is 42.0 Å². The maximum atomic E-state index is 12.2.